The van der Waals surface area contributed by atoms with Crippen LogP contribution in [0, 0.1) is 12.8 Å². The van der Waals surface area contributed by atoms with E-state index in [-0.39, 0.29) is 29.5 Å². The van der Waals surface area contributed by atoms with Crippen molar-refractivity contribution in [2.45, 2.75) is 51.1 Å². The van der Waals surface area contributed by atoms with Crippen LogP contribution < -0.4 is 15.4 Å². The maximum absolute atomic E-state index is 6.21. The lowest BCUT2D eigenvalue weighted by Gasteiger charge is -2.45. The van der Waals surface area contributed by atoms with E-state index >= 15 is 0 Å². The number of likely N-dealkylation sites (tertiary alicyclic amines) is 1. The average molecular weight is 573 g/mol. The van der Waals surface area contributed by atoms with Crippen molar-refractivity contribution in [2.24, 2.45) is 10.9 Å². The molecule has 7 nitrogen and oxygen atoms in total. The van der Waals surface area contributed by atoms with E-state index in [1.165, 1.54) is 31.5 Å². The van der Waals surface area contributed by atoms with E-state index < -0.39 is 0 Å². The standard InChI is InChI=1S/C25H40N4O3.HI/c1-20-5-6-22(23(15-20)32-18-21-7-12-31-17-21)16-27-24(26-2)28-19-25(8-13-30-14-9-25)29-10-3-4-11-29;/h5-6,15,21H,3-4,7-14,16-19H2,1-2H3,(H2,26,27,28);1H. The normalized spacial score (nSPS) is 23.2. The fourth-order valence-corrected chi connectivity index (χ4v) is 5.06. The second kappa shape index (κ2) is 13.1. The Morgan fingerprint density at radius 3 is 2.64 bits per heavy atom. The predicted octanol–water partition coefficient (Wildman–Crippen LogP) is 3.34. The van der Waals surface area contributed by atoms with Gasteiger partial charge in [-0.1, -0.05) is 12.1 Å². The molecule has 0 radical (unpaired) electrons. The lowest BCUT2D eigenvalue weighted by atomic mass is 9.88. The zero-order chi connectivity index (χ0) is 22.2. The SMILES string of the molecule is CN=C(NCc1ccc(C)cc1OCC1CCOC1)NCC1(N2CCCC2)CCOCC1.I. The Morgan fingerprint density at radius 2 is 1.94 bits per heavy atom. The first-order valence-electron chi connectivity index (χ1n) is 12.3. The Hall–Kier alpha value is -1.10. The fourth-order valence-electron chi connectivity index (χ4n) is 5.06. The molecule has 0 spiro atoms. The van der Waals surface area contributed by atoms with E-state index in [0.717, 1.165) is 69.5 Å². The molecule has 33 heavy (non-hydrogen) atoms. The van der Waals surface area contributed by atoms with E-state index in [2.05, 4.69) is 45.6 Å². The molecule has 1 aromatic rings. The van der Waals surface area contributed by atoms with Crippen molar-refractivity contribution >= 4 is 29.9 Å². The molecule has 0 amide bonds. The Bertz CT molecular complexity index is 758. The summed E-state index contributed by atoms with van der Waals surface area (Å²) in [4.78, 5) is 7.16. The highest BCUT2D eigenvalue weighted by Crippen LogP contribution is 2.30. The van der Waals surface area contributed by atoms with E-state index in [1.54, 1.807) is 0 Å². The van der Waals surface area contributed by atoms with Gasteiger partial charge in [0.25, 0.3) is 0 Å². The summed E-state index contributed by atoms with van der Waals surface area (Å²) < 4.78 is 17.4. The molecule has 1 unspecified atom stereocenters. The minimum absolute atomic E-state index is 0. The molecule has 0 bridgehead atoms. The number of hydrogen-bond acceptors (Lipinski definition) is 5. The van der Waals surface area contributed by atoms with E-state index in [1.807, 2.05) is 7.05 Å². The van der Waals surface area contributed by atoms with Gasteiger partial charge in [-0.05, 0) is 63.7 Å². The van der Waals surface area contributed by atoms with Gasteiger partial charge in [0.2, 0.25) is 0 Å². The molecule has 4 rings (SSSR count). The minimum atomic E-state index is 0. The summed E-state index contributed by atoms with van der Waals surface area (Å²) >= 11 is 0. The van der Waals surface area contributed by atoms with Crippen molar-refractivity contribution < 1.29 is 14.2 Å². The molecule has 186 valence electrons. The topological polar surface area (TPSA) is 67.4 Å². The van der Waals surface area contributed by atoms with Crippen LogP contribution in [0.2, 0.25) is 0 Å². The van der Waals surface area contributed by atoms with Crippen LogP contribution in [0.15, 0.2) is 23.2 Å². The highest BCUT2D eigenvalue weighted by atomic mass is 127. The summed E-state index contributed by atoms with van der Waals surface area (Å²) in [5, 5.41) is 7.12. The van der Waals surface area contributed by atoms with E-state index in [9.17, 15) is 0 Å². The average Bonchev–Trinajstić information content (AvgIpc) is 3.54. The van der Waals surface area contributed by atoms with Crippen LogP contribution in [0.5, 0.6) is 5.75 Å². The van der Waals surface area contributed by atoms with Crippen LogP contribution >= 0.6 is 24.0 Å². The van der Waals surface area contributed by atoms with Gasteiger partial charge in [-0.25, -0.2) is 0 Å². The molecule has 0 saturated carbocycles. The van der Waals surface area contributed by atoms with Crippen molar-refractivity contribution in [2.75, 3.05) is 59.7 Å². The second-order valence-corrected chi connectivity index (χ2v) is 9.46. The summed E-state index contributed by atoms with van der Waals surface area (Å²) in [7, 11) is 1.84. The number of ether oxygens (including phenoxy) is 3. The molecular weight excluding hydrogens is 531 g/mol. The molecule has 3 heterocycles. The molecule has 1 aromatic carbocycles. The van der Waals surface area contributed by atoms with Crippen molar-refractivity contribution in [3.05, 3.63) is 29.3 Å². The molecular formula is C25H41IN4O3. The third kappa shape index (κ3) is 7.19. The Kier molecular flexibility index (Phi) is 10.5. The number of aliphatic imine (C=N–C) groups is 1. The van der Waals surface area contributed by atoms with Gasteiger partial charge < -0.3 is 24.8 Å². The van der Waals surface area contributed by atoms with Crippen molar-refractivity contribution in [1.29, 1.82) is 0 Å². The van der Waals surface area contributed by atoms with Crippen LogP contribution in [0.1, 0.15) is 43.2 Å². The van der Waals surface area contributed by atoms with Gasteiger partial charge in [0.15, 0.2) is 5.96 Å². The van der Waals surface area contributed by atoms with Gasteiger partial charge in [0, 0.05) is 57.0 Å². The van der Waals surface area contributed by atoms with Crippen LogP contribution in [0.4, 0.5) is 0 Å². The van der Waals surface area contributed by atoms with Gasteiger partial charge in [0.1, 0.15) is 5.75 Å². The zero-order valence-corrected chi connectivity index (χ0v) is 22.6. The molecule has 0 aliphatic carbocycles. The molecule has 3 fully saturated rings. The largest absolute Gasteiger partial charge is 0.493 e. The number of nitrogens with one attached hydrogen (secondary N) is 2. The van der Waals surface area contributed by atoms with Crippen molar-refractivity contribution in [3.63, 3.8) is 0 Å². The molecule has 3 aliphatic rings. The molecule has 0 aromatic heterocycles. The number of guanidine groups is 1. The zero-order valence-electron chi connectivity index (χ0n) is 20.2. The second-order valence-electron chi connectivity index (χ2n) is 9.46. The van der Waals surface area contributed by atoms with Gasteiger partial charge in [0.05, 0.1) is 13.2 Å². The Morgan fingerprint density at radius 1 is 1.15 bits per heavy atom. The van der Waals surface area contributed by atoms with Crippen LogP contribution in [0.3, 0.4) is 0 Å². The van der Waals surface area contributed by atoms with Crippen LogP contribution in [-0.4, -0.2) is 76.1 Å². The quantitative estimate of drug-likeness (QED) is 0.283. The summed E-state index contributed by atoms with van der Waals surface area (Å²) in [6.45, 7) is 10.1. The third-order valence-electron chi connectivity index (χ3n) is 7.18. The maximum atomic E-state index is 6.21. The molecule has 8 heteroatoms. The van der Waals surface area contributed by atoms with Gasteiger partial charge in [-0.2, -0.15) is 0 Å². The third-order valence-corrected chi connectivity index (χ3v) is 7.18. The van der Waals surface area contributed by atoms with E-state index in [0.29, 0.717) is 19.1 Å². The summed E-state index contributed by atoms with van der Waals surface area (Å²) in [5.74, 6) is 2.29. The first-order chi connectivity index (χ1) is 15.7. The summed E-state index contributed by atoms with van der Waals surface area (Å²) in [6.07, 6.45) is 5.85. The summed E-state index contributed by atoms with van der Waals surface area (Å²) in [6, 6.07) is 6.43. The Balaban J connectivity index is 0.00000306. The molecule has 3 aliphatic heterocycles. The lowest BCUT2D eigenvalue weighted by Crippen LogP contribution is -2.58. The maximum Gasteiger partial charge on any atom is 0.191 e. The number of halogens is 1. The van der Waals surface area contributed by atoms with Gasteiger partial charge >= 0.3 is 0 Å². The molecule has 1 atom stereocenters. The first-order valence-corrected chi connectivity index (χ1v) is 12.3. The minimum Gasteiger partial charge on any atom is -0.493 e. The fraction of sp³-hybridized carbons (Fsp3) is 0.720. The van der Waals surface area contributed by atoms with Gasteiger partial charge in [-0.15, -0.1) is 24.0 Å². The molecule has 3 saturated heterocycles. The number of rotatable bonds is 8. The monoisotopic (exact) mass is 572 g/mol. The van der Waals surface area contributed by atoms with Crippen molar-refractivity contribution in [1.82, 2.24) is 15.5 Å². The first kappa shape index (κ1) is 26.5. The van der Waals surface area contributed by atoms with Gasteiger partial charge in [-0.3, -0.25) is 9.89 Å². The number of hydrogen-bond donors (Lipinski definition) is 2. The summed E-state index contributed by atoms with van der Waals surface area (Å²) in [5.41, 5.74) is 2.53. The highest BCUT2D eigenvalue weighted by molar-refractivity contribution is 14.0. The lowest BCUT2D eigenvalue weighted by molar-refractivity contribution is -0.0164. The Labute approximate surface area is 216 Å². The number of nitrogens with zero attached hydrogens (tertiary/aromatic N) is 2. The highest BCUT2D eigenvalue weighted by Gasteiger charge is 2.39. The number of aryl methyl sites for hydroxylation is 1. The smallest absolute Gasteiger partial charge is 0.191 e. The predicted molar refractivity (Wildman–Crippen MR) is 143 cm³/mol. The number of benzene rings is 1. The van der Waals surface area contributed by atoms with Crippen LogP contribution in [-0.2, 0) is 16.0 Å². The molecule has 2 N–H and O–H groups in total. The van der Waals surface area contributed by atoms with E-state index in [4.69, 9.17) is 14.2 Å². The van der Waals surface area contributed by atoms with Crippen molar-refractivity contribution in [3.8, 4) is 5.75 Å². The van der Waals surface area contributed by atoms with Crippen LogP contribution in [0.25, 0.3) is 0 Å².